The van der Waals surface area contributed by atoms with Crippen molar-refractivity contribution >= 4 is 23.3 Å². The Morgan fingerprint density at radius 2 is 1.74 bits per heavy atom. The first-order valence-corrected chi connectivity index (χ1v) is 6.83. The van der Waals surface area contributed by atoms with E-state index in [0.29, 0.717) is 29.3 Å². The second-order valence-electron chi connectivity index (χ2n) is 5.00. The number of H-pyrrole nitrogens is 1. The van der Waals surface area contributed by atoms with Gasteiger partial charge in [-0.3, -0.25) is 9.59 Å². The number of ketones is 2. The predicted molar refractivity (Wildman–Crippen MR) is 83.3 cm³/mol. The summed E-state index contributed by atoms with van der Waals surface area (Å²) < 4.78 is 0. The maximum atomic E-state index is 11.2. The number of rotatable bonds is 6. The zero-order valence-corrected chi connectivity index (χ0v) is 12.4. The summed E-state index contributed by atoms with van der Waals surface area (Å²) in [6.07, 6.45) is 2.69. The van der Waals surface area contributed by atoms with Crippen LogP contribution in [-0.4, -0.2) is 32.7 Å². The maximum Gasteiger partial charge on any atom is 0.376 e. The van der Waals surface area contributed by atoms with Crippen LogP contribution < -0.4 is 0 Å². The summed E-state index contributed by atoms with van der Waals surface area (Å²) in [5.41, 5.74) is 2.49. The van der Waals surface area contributed by atoms with Crippen LogP contribution >= 0.6 is 0 Å². The number of carboxylic acid groups (broad SMARTS) is 1. The van der Waals surface area contributed by atoms with Crippen LogP contribution in [0.4, 0.5) is 0 Å². The second kappa shape index (κ2) is 6.74. The molecule has 0 bridgehead atoms. The number of hydrogen-bond acceptors (Lipinski definition) is 4. The van der Waals surface area contributed by atoms with Crippen molar-refractivity contribution < 1.29 is 24.6 Å². The van der Waals surface area contributed by atoms with Gasteiger partial charge in [0.15, 0.2) is 5.78 Å². The highest BCUT2D eigenvalue weighted by molar-refractivity contribution is 6.38. The average Bonchev–Trinajstić information content (AvgIpc) is 2.95. The Bertz CT molecular complexity index is 784. The number of carbonyl (C=O) groups excluding carboxylic acids is 2. The summed E-state index contributed by atoms with van der Waals surface area (Å²) in [7, 11) is 0. The fourth-order valence-corrected chi connectivity index (χ4v) is 2.12. The van der Waals surface area contributed by atoms with Crippen molar-refractivity contribution in [2.24, 2.45) is 0 Å². The van der Waals surface area contributed by atoms with Gasteiger partial charge >= 0.3 is 5.97 Å². The molecule has 0 fully saturated rings. The summed E-state index contributed by atoms with van der Waals surface area (Å²) >= 11 is 0. The van der Waals surface area contributed by atoms with E-state index in [4.69, 9.17) is 5.11 Å². The van der Waals surface area contributed by atoms with Crippen LogP contribution in [0.15, 0.2) is 42.6 Å². The molecule has 23 heavy (non-hydrogen) atoms. The molecule has 6 heteroatoms. The standard InChI is InChI=1S/C17H15NO5/c1-10(19)12-4-2-11(3-5-12)8-14-13(6-7-18-14)15(20)9-16(21)17(22)23/h2-7,9,18,20H,8H2,1H3,(H,22,23). The number of aromatic nitrogens is 1. The number of carboxylic acids is 1. The van der Waals surface area contributed by atoms with E-state index in [1.807, 2.05) is 0 Å². The Morgan fingerprint density at radius 1 is 1.09 bits per heavy atom. The van der Waals surface area contributed by atoms with Crippen molar-refractivity contribution in [2.45, 2.75) is 13.3 Å². The number of aliphatic hydroxyl groups is 1. The van der Waals surface area contributed by atoms with Gasteiger partial charge in [0, 0.05) is 35.5 Å². The number of aliphatic hydroxyl groups excluding tert-OH is 1. The number of hydrogen-bond donors (Lipinski definition) is 3. The van der Waals surface area contributed by atoms with E-state index >= 15 is 0 Å². The average molecular weight is 313 g/mol. The van der Waals surface area contributed by atoms with E-state index in [1.54, 1.807) is 36.5 Å². The van der Waals surface area contributed by atoms with Crippen molar-refractivity contribution in [3.63, 3.8) is 0 Å². The van der Waals surface area contributed by atoms with Crippen molar-refractivity contribution in [2.75, 3.05) is 0 Å². The zero-order valence-electron chi connectivity index (χ0n) is 12.4. The molecule has 0 radical (unpaired) electrons. The summed E-state index contributed by atoms with van der Waals surface area (Å²) in [4.78, 5) is 35.9. The molecule has 0 spiro atoms. The predicted octanol–water partition coefficient (Wildman–Crippen LogP) is 2.36. The summed E-state index contributed by atoms with van der Waals surface area (Å²) in [6, 6.07) is 8.57. The molecule has 2 aromatic rings. The molecular formula is C17H15NO5. The summed E-state index contributed by atoms with van der Waals surface area (Å²) in [5, 5.41) is 18.5. The summed E-state index contributed by atoms with van der Waals surface area (Å²) in [6.45, 7) is 1.49. The van der Waals surface area contributed by atoms with Crippen LogP contribution in [0.5, 0.6) is 0 Å². The van der Waals surface area contributed by atoms with Crippen molar-refractivity contribution in [1.29, 1.82) is 0 Å². The van der Waals surface area contributed by atoms with Gasteiger partial charge in [0.25, 0.3) is 5.78 Å². The normalized spacial score (nSPS) is 11.3. The smallest absolute Gasteiger partial charge is 0.376 e. The molecule has 1 aromatic heterocycles. The lowest BCUT2D eigenvalue weighted by molar-refractivity contribution is -0.146. The van der Waals surface area contributed by atoms with Gasteiger partial charge in [0.2, 0.25) is 0 Å². The van der Waals surface area contributed by atoms with E-state index in [-0.39, 0.29) is 5.78 Å². The van der Waals surface area contributed by atoms with E-state index in [2.05, 4.69) is 4.98 Å². The minimum absolute atomic E-state index is 0.0233. The molecule has 3 N–H and O–H groups in total. The van der Waals surface area contributed by atoms with Crippen molar-refractivity contribution in [3.05, 3.63) is 65.0 Å². The van der Waals surface area contributed by atoms with E-state index < -0.39 is 17.5 Å². The minimum Gasteiger partial charge on any atom is -0.507 e. The lowest BCUT2D eigenvalue weighted by Crippen LogP contribution is -2.09. The molecule has 2 rings (SSSR count). The molecule has 0 amide bonds. The fourth-order valence-electron chi connectivity index (χ4n) is 2.12. The third-order valence-corrected chi connectivity index (χ3v) is 3.33. The van der Waals surface area contributed by atoms with Gasteiger partial charge in [-0.2, -0.15) is 0 Å². The lowest BCUT2D eigenvalue weighted by Gasteiger charge is -2.05. The molecule has 0 aliphatic rings. The van der Waals surface area contributed by atoms with Crippen molar-refractivity contribution in [3.8, 4) is 0 Å². The van der Waals surface area contributed by atoms with Crippen LogP contribution in [0, 0.1) is 0 Å². The van der Waals surface area contributed by atoms with Crippen LogP contribution in [0.3, 0.4) is 0 Å². The van der Waals surface area contributed by atoms with E-state index in [1.165, 1.54) is 6.92 Å². The molecule has 0 aliphatic carbocycles. The number of carbonyl (C=O) groups is 3. The SMILES string of the molecule is CC(=O)c1ccc(Cc2[nH]ccc2C(O)=CC(=O)C(=O)O)cc1. The van der Waals surface area contributed by atoms with Gasteiger partial charge < -0.3 is 15.2 Å². The number of Topliss-reactive ketones (excluding diaryl/α,β-unsaturated/α-hetero) is 1. The molecule has 118 valence electrons. The Kier molecular flexibility index (Phi) is 4.75. The second-order valence-corrected chi connectivity index (χ2v) is 5.00. The highest BCUT2D eigenvalue weighted by Crippen LogP contribution is 2.19. The number of benzene rings is 1. The Labute approximate surface area is 132 Å². The van der Waals surface area contributed by atoms with Crippen LogP contribution in [-0.2, 0) is 16.0 Å². The topological polar surface area (TPSA) is 107 Å². The van der Waals surface area contributed by atoms with Gasteiger partial charge in [-0.25, -0.2) is 4.79 Å². The molecule has 0 unspecified atom stereocenters. The molecule has 0 saturated heterocycles. The van der Waals surface area contributed by atoms with Crippen LogP contribution in [0.25, 0.3) is 5.76 Å². The minimum atomic E-state index is -1.63. The molecule has 1 aromatic carbocycles. The third kappa shape index (κ3) is 3.94. The van der Waals surface area contributed by atoms with Crippen LogP contribution in [0.1, 0.15) is 34.1 Å². The monoisotopic (exact) mass is 313 g/mol. The third-order valence-electron chi connectivity index (χ3n) is 3.33. The highest BCUT2D eigenvalue weighted by atomic mass is 16.4. The Balaban J connectivity index is 2.22. The number of aromatic amines is 1. The van der Waals surface area contributed by atoms with Crippen molar-refractivity contribution in [1.82, 2.24) is 4.98 Å². The fraction of sp³-hybridized carbons (Fsp3) is 0.118. The first-order chi connectivity index (χ1) is 10.9. The first-order valence-electron chi connectivity index (χ1n) is 6.83. The van der Waals surface area contributed by atoms with E-state index in [9.17, 15) is 19.5 Å². The highest BCUT2D eigenvalue weighted by Gasteiger charge is 2.14. The lowest BCUT2D eigenvalue weighted by atomic mass is 10.0. The van der Waals surface area contributed by atoms with Gasteiger partial charge in [-0.15, -0.1) is 0 Å². The molecule has 0 atom stereocenters. The largest absolute Gasteiger partial charge is 0.507 e. The van der Waals surface area contributed by atoms with Gasteiger partial charge in [0.05, 0.1) is 0 Å². The molecule has 0 aliphatic heterocycles. The van der Waals surface area contributed by atoms with E-state index in [0.717, 1.165) is 5.56 Å². The molecular weight excluding hydrogens is 298 g/mol. The zero-order chi connectivity index (χ0) is 17.0. The summed E-state index contributed by atoms with van der Waals surface area (Å²) in [5.74, 6) is -3.26. The Morgan fingerprint density at radius 3 is 2.30 bits per heavy atom. The molecule has 0 saturated carbocycles. The Hall–Kier alpha value is -3.15. The van der Waals surface area contributed by atoms with Crippen LogP contribution in [0.2, 0.25) is 0 Å². The number of nitrogens with one attached hydrogen (secondary N) is 1. The van der Waals surface area contributed by atoms with Gasteiger partial charge in [-0.1, -0.05) is 24.3 Å². The quantitative estimate of drug-likeness (QED) is 0.328. The molecule has 1 heterocycles. The van der Waals surface area contributed by atoms with Gasteiger partial charge in [0.1, 0.15) is 5.76 Å². The molecule has 6 nitrogen and oxygen atoms in total. The number of aliphatic carboxylic acids is 1. The maximum absolute atomic E-state index is 11.2. The first kappa shape index (κ1) is 16.2. The van der Waals surface area contributed by atoms with Gasteiger partial charge in [-0.05, 0) is 18.6 Å².